The lowest BCUT2D eigenvalue weighted by molar-refractivity contribution is 0.0594. The largest absolute Gasteiger partial charge is 0.497 e. The Balaban J connectivity index is 3.10. The smallest absolute Gasteiger partial charge is 0.341 e. The first-order chi connectivity index (χ1) is 7.58. The molecule has 0 saturated carbocycles. The molecule has 4 heteroatoms. The van der Waals surface area contributed by atoms with Gasteiger partial charge in [-0.05, 0) is 26.0 Å². The van der Waals surface area contributed by atoms with Gasteiger partial charge in [-0.15, -0.1) is 0 Å². The zero-order chi connectivity index (χ0) is 12.1. The molecule has 0 unspecified atom stereocenters. The van der Waals surface area contributed by atoms with Crippen LogP contribution >= 0.6 is 0 Å². The first-order valence-corrected chi connectivity index (χ1v) is 5.01. The predicted octanol–water partition coefficient (Wildman–Crippen LogP) is 2.27. The van der Waals surface area contributed by atoms with Crippen LogP contribution in [-0.2, 0) is 4.74 Å². The lowest BCUT2D eigenvalue weighted by Gasteiger charge is -2.14. The van der Waals surface area contributed by atoms with E-state index in [1.54, 1.807) is 25.3 Å². The Morgan fingerprint density at radius 1 is 1.25 bits per heavy atom. The molecule has 88 valence electrons. The number of benzene rings is 1. The minimum Gasteiger partial charge on any atom is -0.497 e. The van der Waals surface area contributed by atoms with Crippen LogP contribution in [0.15, 0.2) is 18.2 Å². The molecule has 0 radical (unpaired) electrons. The van der Waals surface area contributed by atoms with Gasteiger partial charge in [0.2, 0.25) is 0 Å². The molecule has 0 spiro atoms. The highest BCUT2D eigenvalue weighted by Crippen LogP contribution is 2.26. The monoisotopic (exact) mass is 224 g/mol. The van der Waals surface area contributed by atoms with Crippen molar-refractivity contribution in [2.45, 2.75) is 20.0 Å². The third kappa shape index (κ3) is 2.89. The summed E-state index contributed by atoms with van der Waals surface area (Å²) in [5.41, 5.74) is 0.400. The van der Waals surface area contributed by atoms with Gasteiger partial charge in [-0.3, -0.25) is 0 Å². The van der Waals surface area contributed by atoms with E-state index in [9.17, 15) is 4.79 Å². The van der Waals surface area contributed by atoms with E-state index in [4.69, 9.17) is 9.47 Å². The molecule has 0 amide bonds. The minimum absolute atomic E-state index is 0.0180. The Morgan fingerprint density at radius 2 is 1.94 bits per heavy atom. The highest BCUT2D eigenvalue weighted by molar-refractivity contribution is 5.92. The van der Waals surface area contributed by atoms with Crippen LogP contribution in [0, 0.1) is 0 Å². The summed E-state index contributed by atoms with van der Waals surface area (Å²) in [5.74, 6) is 0.697. The Morgan fingerprint density at radius 3 is 2.44 bits per heavy atom. The van der Waals surface area contributed by atoms with Gasteiger partial charge in [-0.25, -0.2) is 4.79 Å². The third-order valence-electron chi connectivity index (χ3n) is 1.96. The highest BCUT2D eigenvalue weighted by Gasteiger charge is 2.14. The molecule has 0 atom stereocenters. The van der Waals surface area contributed by atoms with Crippen molar-refractivity contribution in [2.24, 2.45) is 0 Å². The van der Waals surface area contributed by atoms with E-state index in [0.29, 0.717) is 17.1 Å². The summed E-state index contributed by atoms with van der Waals surface area (Å²) >= 11 is 0. The maximum absolute atomic E-state index is 11.5. The van der Waals surface area contributed by atoms with Crippen molar-refractivity contribution in [1.29, 1.82) is 0 Å². The summed E-state index contributed by atoms with van der Waals surface area (Å²) in [6, 6.07) is 4.99. The summed E-state index contributed by atoms with van der Waals surface area (Å²) in [4.78, 5) is 11.5. The molecule has 0 aliphatic rings. The fraction of sp³-hybridized carbons (Fsp3) is 0.417. The topological polar surface area (TPSA) is 44.8 Å². The van der Waals surface area contributed by atoms with Gasteiger partial charge in [0.15, 0.2) is 0 Å². The van der Waals surface area contributed by atoms with Crippen LogP contribution in [0.4, 0.5) is 0 Å². The van der Waals surface area contributed by atoms with Gasteiger partial charge >= 0.3 is 5.97 Å². The van der Waals surface area contributed by atoms with Gasteiger partial charge in [0.1, 0.15) is 17.1 Å². The Kier molecular flexibility index (Phi) is 4.17. The second kappa shape index (κ2) is 5.39. The normalized spacial score (nSPS) is 10.1. The van der Waals surface area contributed by atoms with E-state index in [-0.39, 0.29) is 6.10 Å². The van der Waals surface area contributed by atoms with Crippen molar-refractivity contribution in [3.05, 3.63) is 23.8 Å². The molecular formula is C12H16O4. The van der Waals surface area contributed by atoms with Crippen LogP contribution in [0.25, 0.3) is 0 Å². The van der Waals surface area contributed by atoms with Gasteiger partial charge in [-0.1, -0.05) is 0 Å². The second-order valence-electron chi connectivity index (χ2n) is 3.52. The molecule has 1 aromatic carbocycles. The Bertz CT molecular complexity index is 371. The molecule has 0 heterocycles. The highest BCUT2D eigenvalue weighted by atomic mass is 16.5. The zero-order valence-electron chi connectivity index (χ0n) is 9.94. The number of carbonyl (C=O) groups is 1. The van der Waals surface area contributed by atoms with Gasteiger partial charge in [0.05, 0.1) is 20.3 Å². The van der Waals surface area contributed by atoms with Crippen LogP contribution in [0.2, 0.25) is 0 Å². The molecule has 0 saturated heterocycles. The molecule has 0 fully saturated rings. The number of esters is 1. The molecular weight excluding hydrogens is 208 g/mol. The Labute approximate surface area is 95.1 Å². The summed E-state index contributed by atoms with van der Waals surface area (Å²) in [5, 5.41) is 0. The fourth-order valence-corrected chi connectivity index (χ4v) is 1.26. The molecule has 1 rings (SSSR count). The van der Waals surface area contributed by atoms with E-state index in [1.165, 1.54) is 7.11 Å². The van der Waals surface area contributed by atoms with E-state index < -0.39 is 5.97 Å². The summed E-state index contributed by atoms with van der Waals surface area (Å²) in [6.45, 7) is 3.78. The molecule has 0 N–H and O–H groups in total. The van der Waals surface area contributed by atoms with E-state index >= 15 is 0 Å². The number of ether oxygens (including phenoxy) is 3. The van der Waals surface area contributed by atoms with Crippen LogP contribution < -0.4 is 9.47 Å². The maximum Gasteiger partial charge on any atom is 0.341 e. The molecule has 16 heavy (non-hydrogen) atoms. The number of hydrogen-bond acceptors (Lipinski definition) is 4. The van der Waals surface area contributed by atoms with Gasteiger partial charge < -0.3 is 14.2 Å². The second-order valence-corrected chi connectivity index (χ2v) is 3.52. The lowest BCUT2D eigenvalue weighted by atomic mass is 10.2. The number of rotatable bonds is 4. The van der Waals surface area contributed by atoms with Crippen molar-refractivity contribution < 1.29 is 19.0 Å². The Hall–Kier alpha value is -1.71. The summed E-state index contributed by atoms with van der Waals surface area (Å²) in [6.07, 6.45) is -0.0180. The number of hydrogen-bond donors (Lipinski definition) is 0. The van der Waals surface area contributed by atoms with E-state index in [0.717, 1.165) is 0 Å². The van der Waals surface area contributed by atoms with Gasteiger partial charge in [-0.2, -0.15) is 0 Å². The molecule has 0 aliphatic heterocycles. The van der Waals surface area contributed by atoms with Crippen molar-refractivity contribution >= 4 is 5.97 Å². The standard InChI is InChI=1S/C12H16O4/c1-8(2)16-11-7-9(14-3)5-6-10(11)12(13)15-4/h5-8H,1-4H3. The average molecular weight is 224 g/mol. The van der Waals surface area contributed by atoms with E-state index in [1.807, 2.05) is 13.8 Å². The van der Waals surface area contributed by atoms with Crippen molar-refractivity contribution in [2.75, 3.05) is 14.2 Å². The van der Waals surface area contributed by atoms with Crippen LogP contribution in [-0.4, -0.2) is 26.3 Å². The molecule has 4 nitrogen and oxygen atoms in total. The third-order valence-corrected chi connectivity index (χ3v) is 1.96. The molecule has 0 bridgehead atoms. The molecule has 0 aromatic heterocycles. The lowest BCUT2D eigenvalue weighted by Crippen LogP contribution is -2.11. The molecule has 1 aromatic rings. The average Bonchev–Trinajstić information content (AvgIpc) is 2.27. The summed E-state index contributed by atoms with van der Waals surface area (Å²) in [7, 11) is 2.90. The number of methoxy groups -OCH3 is 2. The SMILES string of the molecule is COC(=O)c1ccc(OC)cc1OC(C)C. The van der Waals surface area contributed by atoms with Crippen LogP contribution in [0.3, 0.4) is 0 Å². The van der Waals surface area contributed by atoms with Crippen molar-refractivity contribution in [3.8, 4) is 11.5 Å². The van der Waals surface area contributed by atoms with Crippen molar-refractivity contribution in [1.82, 2.24) is 0 Å². The zero-order valence-corrected chi connectivity index (χ0v) is 9.94. The van der Waals surface area contributed by atoms with Crippen LogP contribution in [0.1, 0.15) is 24.2 Å². The van der Waals surface area contributed by atoms with Crippen LogP contribution in [0.5, 0.6) is 11.5 Å². The predicted molar refractivity (Wildman–Crippen MR) is 60.1 cm³/mol. The molecule has 0 aliphatic carbocycles. The fourth-order valence-electron chi connectivity index (χ4n) is 1.26. The first kappa shape index (κ1) is 12.4. The van der Waals surface area contributed by atoms with Crippen molar-refractivity contribution in [3.63, 3.8) is 0 Å². The van der Waals surface area contributed by atoms with Gasteiger partial charge in [0.25, 0.3) is 0 Å². The summed E-state index contributed by atoms with van der Waals surface area (Å²) < 4.78 is 15.3. The maximum atomic E-state index is 11.5. The minimum atomic E-state index is -0.418. The van der Waals surface area contributed by atoms with E-state index in [2.05, 4.69) is 4.74 Å². The van der Waals surface area contributed by atoms with Gasteiger partial charge in [0, 0.05) is 6.07 Å². The number of carbonyl (C=O) groups excluding carboxylic acids is 1. The quantitative estimate of drug-likeness (QED) is 0.736. The first-order valence-electron chi connectivity index (χ1n) is 5.01.